The van der Waals surface area contributed by atoms with Gasteiger partial charge in [0.2, 0.25) is 0 Å². The summed E-state index contributed by atoms with van der Waals surface area (Å²) in [6.07, 6.45) is 3.36. The SMILES string of the molecule is CN1CCC(N(CCO)C(=O)c2ccc(Cl)nc2)CC1. The van der Waals surface area contributed by atoms with E-state index in [0.29, 0.717) is 17.3 Å². The Labute approximate surface area is 124 Å². The van der Waals surface area contributed by atoms with Gasteiger partial charge in [-0.25, -0.2) is 4.98 Å². The molecule has 1 N–H and O–H groups in total. The molecule has 0 spiro atoms. The topological polar surface area (TPSA) is 56.7 Å². The molecule has 1 amide bonds. The van der Waals surface area contributed by atoms with Gasteiger partial charge in [-0.2, -0.15) is 0 Å². The highest BCUT2D eigenvalue weighted by Gasteiger charge is 2.27. The molecule has 5 nitrogen and oxygen atoms in total. The molecule has 1 fully saturated rings. The van der Waals surface area contributed by atoms with Crippen LogP contribution in [0.2, 0.25) is 5.15 Å². The molecule has 0 bridgehead atoms. The summed E-state index contributed by atoms with van der Waals surface area (Å²) >= 11 is 5.74. The van der Waals surface area contributed by atoms with Crippen LogP contribution >= 0.6 is 11.6 Å². The van der Waals surface area contributed by atoms with Crippen molar-refractivity contribution in [1.29, 1.82) is 0 Å². The maximum atomic E-state index is 12.5. The van der Waals surface area contributed by atoms with Crippen LogP contribution in [-0.4, -0.2) is 65.1 Å². The third kappa shape index (κ3) is 3.69. The summed E-state index contributed by atoms with van der Waals surface area (Å²) in [4.78, 5) is 20.5. The maximum Gasteiger partial charge on any atom is 0.255 e. The number of aliphatic hydroxyl groups excluding tert-OH is 1. The molecule has 1 aliphatic rings. The van der Waals surface area contributed by atoms with Crippen molar-refractivity contribution in [3.8, 4) is 0 Å². The number of piperidine rings is 1. The smallest absolute Gasteiger partial charge is 0.255 e. The fourth-order valence-electron chi connectivity index (χ4n) is 2.53. The van der Waals surface area contributed by atoms with Crippen LogP contribution in [0.5, 0.6) is 0 Å². The molecule has 0 radical (unpaired) electrons. The average molecular weight is 298 g/mol. The summed E-state index contributed by atoms with van der Waals surface area (Å²) in [6.45, 7) is 2.27. The monoisotopic (exact) mass is 297 g/mol. The summed E-state index contributed by atoms with van der Waals surface area (Å²) in [5.74, 6) is -0.0854. The van der Waals surface area contributed by atoms with Crippen LogP contribution in [0.3, 0.4) is 0 Å². The molecule has 1 aliphatic heterocycles. The molecule has 2 rings (SSSR count). The van der Waals surface area contributed by atoms with Gasteiger partial charge in [0.15, 0.2) is 0 Å². The predicted molar refractivity (Wildman–Crippen MR) is 77.9 cm³/mol. The normalized spacial score (nSPS) is 17.1. The quantitative estimate of drug-likeness (QED) is 0.850. The van der Waals surface area contributed by atoms with Gasteiger partial charge >= 0.3 is 0 Å². The summed E-state index contributed by atoms with van der Waals surface area (Å²) in [7, 11) is 2.08. The molecule has 0 saturated carbocycles. The Balaban J connectivity index is 2.11. The second kappa shape index (κ2) is 7.02. The van der Waals surface area contributed by atoms with Gasteiger partial charge in [-0.1, -0.05) is 11.6 Å². The second-order valence-electron chi connectivity index (χ2n) is 5.13. The van der Waals surface area contributed by atoms with Crippen molar-refractivity contribution in [2.45, 2.75) is 18.9 Å². The van der Waals surface area contributed by atoms with Crippen molar-refractivity contribution in [1.82, 2.24) is 14.8 Å². The minimum atomic E-state index is -0.0854. The minimum absolute atomic E-state index is 0.0287. The van der Waals surface area contributed by atoms with Gasteiger partial charge in [0.1, 0.15) is 5.15 Å². The molecule has 0 aromatic carbocycles. The van der Waals surface area contributed by atoms with Gasteiger partial charge < -0.3 is 14.9 Å². The van der Waals surface area contributed by atoms with E-state index >= 15 is 0 Å². The van der Waals surface area contributed by atoms with Crippen molar-refractivity contribution in [3.63, 3.8) is 0 Å². The van der Waals surface area contributed by atoms with Crippen molar-refractivity contribution in [3.05, 3.63) is 29.0 Å². The maximum absolute atomic E-state index is 12.5. The molecule has 2 heterocycles. The van der Waals surface area contributed by atoms with Crippen LogP contribution in [0.25, 0.3) is 0 Å². The molecule has 1 aromatic rings. The van der Waals surface area contributed by atoms with E-state index in [-0.39, 0.29) is 18.6 Å². The number of amides is 1. The van der Waals surface area contributed by atoms with E-state index < -0.39 is 0 Å². The van der Waals surface area contributed by atoms with E-state index in [1.165, 1.54) is 6.20 Å². The molecule has 1 saturated heterocycles. The number of nitrogens with zero attached hydrogens (tertiary/aromatic N) is 3. The Kier molecular flexibility index (Phi) is 5.34. The number of aromatic nitrogens is 1. The number of carbonyl (C=O) groups excluding carboxylic acids is 1. The first-order valence-corrected chi connectivity index (χ1v) is 7.21. The number of halogens is 1. The zero-order valence-electron chi connectivity index (χ0n) is 11.6. The van der Waals surface area contributed by atoms with Crippen molar-refractivity contribution in [2.24, 2.45) is 0 Å². The van der Waals surface area contributed by atoms with Gasteiger partial charge in [0.25, 0.3) is 5.91 Å². The number of carbonyl (C=O) groups is 1. The Bertz CT molecular complexity index is 444. The third-order valence-electron chi connectivity index (χ3n) is 3.70. The summed E-state index contributed by atoms with van der Waals surface area (Å²) in [6, 6.07) is 3.47. The van der Waals surface area contributed by atoms with E-state index in [0.717, 1.165) is 25.9 Å². The van der Waals surface area contributed by atoms with E-state index in [9.17, 15) is 9.90 Å². The van der Waals surface area contributed by atoms with Crippen LogP contribution in [0.1, 0.15) is 23.2 Å². The lowest BCUT2D eigenvalue weighted by Crippen LogP contribution is -2.47. The standard InChI is InChI=1S/C14H20ClN3O2/c1-17-6-4-12(5-7-17)18(8-9-19)14(20)11-2-3-13(15)16-10-11/h2-3,10,12,19H,4-9H2,1H3. The number of rotatable bonds is 4. The Morgan fingerprint density at radius 1 is 1.50 bits per heavy atom. The van der Waals surface area contributed by atoms with Crippen LogP contribution in [0.15, 0.2) is 18.3 Å². The molecular formula is C14H20ClN3O2. The lowest BCUT2D eigenvalue weighted by atomic mass is 10.0. The van der Waals surface area contributed by atoms with Gasteiger partial charge in [0.05, 0.1) is 12.2 Å². The van der Waals surface area contributed by atoms with Crippen molar-refractivity contribution in [2.75, 3.05) is 33.3 Å². The zero-order chi connectivity index (χ0) is 14.5. The Morgan fingerprint density at radius 3 is 2.75 bits per heavy atom. The second-order valence-corrected chi connectivity index (χ2v) is 5.51. The van der Waals surface area contributed by atoms with E-state index in [1.54, 1.807) is 17.0 Å². The summed E-state index contributed by atoms with van der Waals surface area (Å²) < 4.78 is 0. The van der Waals surface area contributed by atoms with Crippen molar-refractivity contribution >= 4 is 17.5 Å². The molecule has 0 aliphatic carbocycles. The Hall–Kier alpha value is -1.17. The van der Waals surface area contributed by atoms with Crippen LogP contribution < -0.4 is 0 Å². The molecular weight excluding hydrogens is 278 g/mol. The fraction of sp³-hybridized carbons (Fsp3) is 0.571. The number of hydrogen-bond acceptors (Lipinski definition) is 4. The van der Waals surface area contributed by atoms with Gasteiger partial charge in [-0.05, 0) is 45.1 Å². The Morgan fingerprint density at radius 2 is 2.20 bits per heavy atom. The molecule has 0 atom stereocenters. The molecule has 110 valence electrons. The van der Waals surface area contributed by atoms with E-state index in [4.69, 9.17) is 11.6 Å². The van der Waals surface area contributed by atoms with Crippen LogP contribution in [-0.2, 0) is 0 Å². The van der Waals surface area contributed by atoms with Crippen LogP contribution in [0, 0.1) is 0 Å². The number of pyridine rings is 1. The highest BCUT2D eigenvalue weighted by atomic mass is 35.5. The van der Waals surface area contributed by atoms with Gasteiger partial charge in [0, 0.05) is 18.8 Å². The number of aliphatic hydroxyl groups is 1. The number of hydrogen-bond donors (Lipinski definition) is 1. The number of likely N-dealkylation sites (tertiary alicyclic amines) is 1. The lowest BCUT2D eigenvalue weighted by molar-refractivity contribution is 0.0539. The van der Waals surface area contributed by atoms with Crippen LogP contribution in [0.4, 0.5) is 0 Å². The first-order valence-electron chi connectivity index (χ1n) is 6.83. The van der Waals surface area contributed by atoms with E-state index in [2.05, 4.69) is 16.9 Å². The van der Waals surface area contributed by atoms with Gasteiger partial charge in [-0.15, -0.1) is 0 Å². The molecule has 0 unspecified atom stereocenters. The largest absolute Gasteiger partial charge is 0.395 e. The van der Waals surface area contributed by atoms with Gasteiger partial charge in [-0.3, -0.25) is 4.79 Å². The minimum Gasteiger partial charge on any atom is -0.395 e. The summed E-state index contributed by atoms with van der Waals surface area (Å²) in [5.41, 5.74) is 0.516. The molecule has 1 aromatic heterocycles. The third-order valence-corrected chi connectivity index (χ3v) is 3.93. The lowest BCUT2D eigenvalue weighted by Gasteiger charge is -2.37. The average Bonchev–Trinajstić information content (AvgIpc) is 2.46. The zero-order valence-corrected chi connectivity index (χ0v) is 12.4. The summed E-state index contributed by atoms with van der Waals surface area (Å²) in [5, 5.41) is 9.59. The van der Waals surface area contributed by atoms with Crippen molar-refractivity contribution < 1.29 is 9.90 Å². The highest BCUT2D eigenvalue weighted by molar-refractivity contribution is 6.29. The highest BCUT2D eigenvalue weighted by Crippen LogP contribution is 2.18. The molecule has 6 heteroatoms. The first-order chi connectivity index (χ1) is 9.61. The van der Waals surface area contributed by atoms with E-state index in [1.807, 2.05) is 0 Å². The molecule has 20 heavy (non-hydrogen) atoms. The first kappa shape index (κ1) is 15.2. The fourth-order valence-corrected chi connectivity index (χ4v) is 2.64. The predicted octanol–water partition coefficient (Wildman–Crippen LogP) is 1.26.